The maximum absolute atomic E-state index is 10.7. The van der Waals surface area contributed by atoms with Crippen molar-refractivity contribution in [3.8, 4) is 0 Å². The first-order valence-corrected chi connectivity index (χ1v) is 9.53. The summed E-state index contributed by atoms with van der Waals surface area (Å²) in [6, 6.07) is 18.0. The summed E-state index contributed by atoms with van der Waals surface area (Å²) in [7, 11) is 0. The third kappa shape index (κ3) is 5.32. The number of nitrogens with zero attached hydrogens (tertiary/aromatic N) is 2. The van der Waals surface area contributed by atoms with Crippen LogP contribution in [0.1, 0.15) is 10.4 Å². The van der Waals surface area contributed by atoms with Gasteiger partial charge in [0.25, 0.3) is 5.69 Å². The molecule has 0 amide bonds. The van der Waals surface area contributed by atoms with Gasteiger partial charge >= 0.3 is 0 Å². The zero-order valence-electron chi connectivity index (χ0n) is 13.4. The number of halogens is 1. The average molecular weight is 405 g/mol. The molecule has 2 aromatic carbocycles. The molecule has 26 heavy (non-hydrogen) atoms. The molecule has 8 heteroatoms. The van der Waals surface area contributed by atoms with Crippen molar-refractivity contribution in [2.24, 2.45) is 5.16 Å². The summed E-state index contributed by atoms with van der Waals surface area (Å²) in [5.41, 5.74) is 0.735. The Hall–Kier alpha value is -2.35. The van der Waals surface area contributed by atoms with Gasteiger partial charge in [-0.2, -0.15) is 0 Å². The van der Waals surface area contributed by atoms with E-state index in [1.54, 1.807) is 41.4 Å². The molecule has 0 aliphatic heterocycles. The van der Waals surface area contributed by atoms with Crippen molar-refractivity contribution in [1.29, 1.82) is 0 Å². The fourth-order valence-electron chi connectivity index (χ4n) is 2.04. The smallest absolute Gasteiger partial charge is 0.269 e. The molecule has 132 valence electrons. The Morgan fingerprint density at radius 1 is 1.19 bits per heavy atom. The maximum atomic E-state index is 10.7. The molecule has 0 N–H and O–H groups in total. The van der Waals surface area contributed by atoms with Crippen molar-refractivity contribution in [1.82, 2.24) is 0 Å². The van der Waals surface area contributed by atoms with Gasteiger partial charge in [-0.05, 0) is 42.0 Å². The number of thiophene rings is 1. The second-order valence-corrected chi connectivity index (χ2v) is 8.07. The Morgan fingerprint density at radius 3 is 2.77 bits per heavy atom. The van der Waals surface area contributed by atoms with Gasteiger partial charge in [-0.15, -0.1) is 11.3 Å². The molecule has 5 nitrogen and oxygen atoms in total. The third-order valence-corrected chi connectivity index (χ3v) is 5.65. The van der Waals surface area contributed by atoms with Crippen LogP contribution in [0.25, 0.3) is 0 Å². The highest BCUT2D eigenvalue weighted by atomic mass is 35.5. The van der Waals surface area contributed by atoms with Gasteiger partial charge in [-0.25, -0.2) is 0 Å². The number of nitro benzene ring substituents is 1. The van der Waals surface area contributed by atoms with E-state index in [0.717, 1.165) is 14.0 Å². The molecule has 0 atom stereocenters. The minimum absolute atomic E-state index is 0.0391. The molecule has 1 aromatic heterocycles. The molecule has 3 aromatic rings. The molecule has 0 spiro atoms. The Labute approximate surface area is 163 Å². The second-order valence-electron chi connectivity index (χ2n) is 5.15. The number of oxime groups is 1. The van der Waals surface area contributed by atoms with Gasteiger partial charge in [0, 0.05) is 26.9 Å². The minimum atomic E-state index is -0.432. The molecule has 0 fully saturated rings. The zero-order chi connectivity index (χ0) is 18.4. The lowest BCUT2D eigenvalue weighted by Gasteiger charge is -1.99. The van der Waals surface area contributed by atoms with Crippen molar-refractivity contribution in [3.05, 3.63) is 86.2 Å². The molecule has 0 saturated heterocycles. The van der Waals surface area contributed by atoms with Gasteiger partial charge in [0.2, 0.25) is 0 Å². The first-order chi connectivity index (χ1) is 12.6. The topological polar surface area (TPSA) is 64.7 Å². The molecule has 0 aliphatic carbocycles. The molecular weight excluding hydrogens is 392 g/mol. The SMILES string of the molecule is O=[N+]([O-])c1cccc(CO/N=C\c2ccc(Sc3ccc(Cl)cc3)s2)c1. The molecule has 0 radical (unpaired) electrons. The first-order valence-electron chi connectivity index (χ1n) is 7.52. The van der Waals surface area contributed by atoms with Crippen LogP contribution < -0.4 is 0 Å². The Morgan fingerprint density at radius 2 is 2.00 bits per heavy atom. The number of non-ortho nitro benzene ring substituents is 1. The van der Waals surface area contributed by atoms with Gasteiger partial charge in [-0.1, -0.05) is 40.7 Å². The lowest BCUT2D eigenvalue weighted by atomic mass is 10.2. The van der Waals surface area contributed by atoms with E-state index in [4.69, 9.17) is 16.4 Å². The lowest BCUT2D eigenvalue weighted by molar-refractivity contribution is -0.384. The normalized spacial score (nSPS) is 11.0. The van der Waals surface area contributed by atoms with Gasteiger partial charge < -0.3 is 4.84 Å². The van der Waals surface area contributed by atoms with Crippen molar-refractivity contribution in [3.63, 3.8) is 0 Å². The molecule has 3 rings (SSSR count). The second kappa shape index (κ2) is 8.84. The Kier molecular flexibility index (Phi) is 6.27. The quantitative estimate of drug-likeness (QED) is 0.274. The number of nitro groups is 1. The molecular formula is C18H13ClN2O3S2. The number of hydrogen-bond acceptors (Lipinski definition) is 6. The first kappa shape index (κ1) is 18.4. The van der Waals surface area contributed by atoms with E-state index < -0.39 is 4.92 Å². The minimum Gasteiger partial charge on any atom is -0.391 e. The van der Waals surface area contributed by atoms with Gasteiger partial charge in [0.15, 0.2) is 0 Å². The lowest BCUT2D eigenvalue weighted by Crippen LogP contribution is -1.91. The standard InChI is InChI=1S/C18H13ClN2O3S2/c19-14-4-6-16(7-5-14)25-18-9-8-17(26-18)11-20-24-12-13-2-1-3-15(10-13)21(22)23/h1-11H,12H2/b20-11-. The predicted molar refractivity (Wildman–Crippen MR) is 105 cm³/mol. The largest absolute Gasteiger partial charge is 0.391 e. The van der Waals surface area contributed by atoms with E-state index >= 15 is 0 Å². The summed E-state index contributed by atoms with van der Waals surface area (Å²) in [5, 5.41) is 15.4. The summed E-state index contributed by atoms with van der Waals surface area (Å²) in [4.78, 5) is 17.6. The third-order valence-electron chi connectivity index (χ3n) is 3.24. The summed E-state index contributed by atoms with van der Waals surface area (Å²) in [6.07, 6.45) is 1.63. The molecule has 0 unspecified atom stereocenters. The van der Waals surface area contributed by atoms with E-state index in [1.807, 2.05) is 36.4 Å². The van der Waals surface area contributed by atoms with Crippen LogP contribution in [0.3, 0.4) is 0 Å². The van der Waals surface area contributed by atoms with Crippen LogP contribution >= 0.6 is 34.7 Å². The highest BCUT2D eigenvalue weighted by Gasteiger charge is 2.05. The predicted octanol–water partition coefficient (Wildman–Crippen LogP) is 6.01. The summed E-state index contributed by atoms with van der Waals surface area (Å²) in [5.74, 6) is 0. The highest BCUT2D eigenvalue weighted by Crippen LogP contribution is 2.33. The van der Waals surface area contributed by atoms with Gasteiger partial charge in [-0.3, -0.25) is 10.1 Å². The van der Waals surface area contributed by atoms with Gasteiger partial charge in [0.1, 0.15) is 6.61 Å². The van der Waals surface area contributed by atoms with Crippen molar-refractivity contribution < 1.29 is 9.76 Å². The van der Waals surface area contributed by atoms with E-state index in [-0.39, 0.29) is 12.3 Å². The van der Waals surface area contributed by atoms with Crippen LogP contribution in [0.15, 0.2) is 74.9 Å². The summed E-state index contributed by atoms with van der Waals surface area (Å²) >= 11 is 9.13. The number of rotatable bonds is 7. The van der Waals surface area contributed by atoms with Crippen molar-refractivity contribution >= 4 is 46.6 Å². The summed E-state index contributed by atoms with van der Waals surface area (Å²) in [6.45, 7) is 0.177. The van der Waals surface area contributed by atoms with E-state index in [0.29, 0.717) is 10.6 Å². The van der Waals surface area contributed by atoms with Crippen molar-refractivity contribution in [2.45, 2.75) is 15.7 Å². The van der Waals surface area contributed by atoms with Crippen LogP contribution in [0.2, 0.25) is 5.02 Å². The van der Waals surface area contributed by atoms with E-state index in [2.05, 4.69) is 5.16 Å². The Balaban J connectivity index is 1.53. The van der Waals surface area contributed by atoms with Gasteiger partial charge in [0.05, 0.1) is 15.3 Å². The zero-order valence-corrected chi connectivity index (χ0v) is 15.8. The van der Waals surface area contributed by atoms with Crippen LogP contribution in [-0.4, -0.2) is 11.1 Å². The fraction of sp³-hybridized carbons (Fsp3) is 0.0556. The highest BCUT2D eigenvalue weighted by molar-refractivity contribution is 8.01. The molecule has 0 bridgehead atoms. The molecule has 0 saturated carbocycles. The Bertz CT molecular complexity index is 926. The number of hydrogen-bond donors (Lipinski definition) is 0. The number of benzene rings is 2. The van der Waals surface area contributed by atoms with Crippen molar-refractivity contribution in [2.75, 3.05) is 0 Å². The van der Waals surface area contributed by atoms with Crippen LogP contribution in [0.4, 0.5) is 5.69 Å². The average Bonchev–Trinajstić information content (AvgIpc) is 3.08. The van der Waals surface area contributed by atoms with Crippen LogP contribution in [0, 0.1) is 10.1 Å². The van der Waals surface area contributed by atoms with E-state index in [9.17, 15) is 10.1 Å². The molecule has 0 aliphatic rings. The monoisotopic (exact) mass is 404 g/mol. The fourth-order valence-corrected chi connectivity index (χ4v) is 4.15. The molecule has 1 heterocycles. The summed E-state index contributed by atoms with van der Waals surface area (Å²) < 4.78 is 1.13. The van der Waals surface area contributed by atoms with Crippen LogP contribution in [-0.2, 0) is 11.4 Å². The van der Waals surface area contributed by atoms with Crippen LogP contribution in [0.5, 0.6) is 0 Å². The van der Waals surface area contributed by atoms with E-state index in [1.165, 1.54) is 12.1 Å². The maximum Gasteiger partial charge on any atom is 0.269 e.